The molecule has 1 aromatic rings. The van der Waals surface area contributed by atoms with E-state index in [0.29, 0.717) is 11.5 Å². The molecular weight excluding hydrogens is 192 g/mol. The van der Waals surface area contributed by atoms with E-state index in [1.165, 1.54) is 14.2 Å². The highest BCUT2D eigenvalue weighted by molar-refractivity contribution is 5.62. The van der Waals surface area contributed by atoms with Gasteiger partial charge >= 0.3 is 0 Å². The second-order valence-electron chi connectivity index (χ2n) is 2.87. The molecule has 0 aliphatic rings. The molecule has 0 unspecified atom stereocenters. The van der Waals surface area contributed by atoms with Crippen LogP contribution >= 0.6 is 0 Å². The lowest BCUT2D eigenvalue weighted by Crippen LogP contribution is -1.89. The summed E-state index contributed by atoms with van der Waals surface area (Å²) < 4.78 is 10.0. The van der Waals surface area contributed by atoms with Crippen molar-refractivity contribution in [2.75, 3.05) is 14.2 Å². The van der Waals surface area contributed by atoms with Crippen molar-refractivity contribution in [2.45, 2.75) is 0 Å². The van der Waals surface area contributed by atoms with E-state index in [1.54, 1.807) is 24.3 Å². The number of hydrogen-bond donors (Lipinski definition) is 1. The van der Waals surface area contributed by atoms with Crippen LogP contribution in [0.1, 0.15) is 5.56 Å². The molecule has 0 saturated heterocycles. The van der Waals surface area contributed by atoms with Gasteiger partial charge in [0.05, 0.1) is 14.2 Å². The van der Waals surface area contributed by atoms with Gasteiger partial charge in [0.2, 0.25) is 5.75 Å². The first-order chi connectivity index (χ1) is 7.22. The molecule has 1 aromatic carbocycles. The van der Waals surface area contributed by atoms with Crippen LogP contribution in [0.4, 0.5) is 0 Å². The number of phenolic OH excluding ortho intramolecular Hbond substituents is 1. The Hall–Kier alpha value is -1.90. The molecule has 0 amide bonds. The summed E-state index contributed by atoms with van der Waals surface area (Å²) in [5.74, 6) is 0.784. The van der Waals surface area contributed by atoms with Crippen LogP contribution in [-0.2, 0) is 0 Å². The van der Waals surface area contributed by atoms with E-state index in [9.17, 15) is 5.11 Å². The second-order valence-corrected chi connectivity index (χ2v) is 2.87. The highest BCUT2D eigenvalue weighted by Crippen LogP contribution is 2.37. The maximum atomic E-state index is 9.64. The molecular formula is C12H14O3. The number of benzene rings is 1. The van der Waals surface area contributed by atoms with E-state index in [4.69, 9.17) is 9.47 Å². The molecule has 0 bridgehead atoms. The van der Waals surface area contributed by atoms with Crippen molar-refractivity contribution in [3.05, 3.63) is 36.4 Å². The van der Waals surface area contributed by atoms with Crippen molar-refractivity contribution in [1.82, 2.24) is 0 Å². The van der Waals surface area contributed by atoms with Crippen molar-refractivity contribution in [1.29, 1.82) is 0 Å². The van der Waals surface area contributed by atoms with Crippen LogP contribution in [0.15, 0.2) is 30.9 Å². The average Bonchev–Trinajstić information content (AvgIpc) is 2.27. The lowest BCUT2D eigenvalue weighted by molar-refractivity contribution is 0.340. The standard InChI is InChI=1S/C12H14O3/c1-4-5-6-9-7-10(14-2)12(13)11(8-9)15-3/h4-8,13H,1H2,2-3H3/b6-5+. The molecule has 0 aromatic heterocycles. The van der Waals surface area contributed by atoms with Gasteiger partial charge in [-0.1, -0.05) is 24.8 Å². The minimum atomic E-state index is 0.00996. The van der Waals surface area contributed by atoms with Gasteiger partial charge < -0.3 is 14.6 Å². The van der Waals surface area contributed by atoms with E-state index < -0.39 is 0 Å². The topological polar surface area (TPSA) is 38.7 Å². The molecule has 0 fully saturated rings. The quantitative estimate of drug-likeness (QED) is 0.769. The minimum Gasteiger partial charge on any atom is -0.502 e. The second kappa shape index (κ2) is 5.10. The van der Waals surface area contributed by atoms with E-state index >= 15 is 0 Å². The SMILES string of the molecule is C=C/C=C/c1cc(OC)c(O)c(OC)c1. The Morgan fingerprint density at radius 1 is 1.20 bits per heavy atom. The summed E-state index contributed by atoms with van der Waals surface area (Å²) >= 11 is 0. The van der Waals surface area contributed by atoms with Crippen LogP contribution in [0.5, 0.6) is 17.2 Å². The van der Waals surface area contributed by atoms with Crippen LogP contribution in [0, 0.1) is 0 Å². The Morgan fingerprint density at radius 2 is 1.73 bits per heavy atom. The number of phenols is 1. The fourth-order valence-electron chi connectivity index (χ4n) is 1.19. The minimum absolute atomic E-state index is 0.00996. The van der Waals surface area contributed by atoms with Crippen LogP contribution in [0.3, 0.4) is 0 Å². The van der Waals surface area contributed by atoms with Crippen LogP contribution in [0.2, 0.25) is 0 Å². The number of allylic oxidation sites excluding steroid dienone is 2. The molecule has 0 aliphatic heterocycles. The van der Waals surface area contributed by atoms with Gasteiger partial charge in [-0.15, -0.1) is 0 Å². The van der Waals surface area contributed by atoms with Gasteiger partial charge in [0, 0.05) is 0 Å². The molecule has 0 radical (unpaired) electrons. The first kappa shape index (κ1) is 11.2. The van der Waals surface area contributed by atoms with E-state index in [1.807, 2.05) is 6.08 Å². The van der Waals surface area contributed by atoms with Crippen molar-refractivity contribution in [3.63, 3.8) is 0 Å². The average molecular weight is 206 g/mol. The van der Waals surface area contributed by atoms with E-state index in [2.05, 4.69) is 6.58 Å². The third kappa shape index (κ3) is 2.53. The van der Waals surface area contributed by atoms with Crippen molar-refractivity contribution in [2.24, 2.45) is 0 Å². The van der Waals surface area contributed by atoms with Crippen molar-refractivity contribution >= 4 is 6.08 Å². The molecule has 15 heavy (non-hydrogen) atoms. The molecule has 0 heterocycles. The van der Waals surface area contributed by atoms with Crippen LogP contribution in [0.25, 0.3) is 6.08 Å². The smallest absolute Gasteiger partial charge is 0.200 e. The Labute approximate surface area is 89.3 Å². The lowest BCUT2D eigenvalue weighted by Gasteiger charge is -2.09. The van der Waals surface area contributed by atoms with Gasteiger partial charge in [-0.25, -0.2) is 0 Å². The summed E-state index contributed by atoms with van der Waals surface area (Å²) in [6, 6.07) is 3.44. The van der Waals surface area contributed by atoms with Gasteiger partial charge in [0.15, 0.2) is 11.5 Å². The summed E-state index contributed by atoms with van der Waals surface area (Å²) in [6.45, 7) is 3.58. The lowest BCUT2D eigenvalue weighted by atomic mass is 10.1. The number of rotatable bonds is 4. The molecule has 3 heteroatoms. The Bertz CT molecular complexity index is 355. The monoisotopic (exact) mass is 206 g/mol. The van der Waals surface area contributed by atoms with Crippen molar-refractivity contribution in [3.8, 4) is 17.2 Å². The number of aromatic hydroxyl groups is 1. The van der Waals surface area contributed by atoms with Gasteiger partial charge in [0.1, 0.15) is 0 Å². The number of methoxy groups -OCH3 is 2. The summed E-state index contributed by atoms with van der Waals surface area (Å²) in [7, 11) is 2.99. The molecule has 80 valence electrons. The fraction of sp³-hybridized carbons (Fsp3) is 0.167. The zero-order valence-electron chi connectivity index (χ0n) is 8.86. The van der Waals surface area contributed by atoms with Gasteiger partial charge in [-0.2, -0.15) is 0 Å². The molecule has 0 saturated carbocycles. The van der Waals surface area contributed by atoms with Gasteiger partial charge in [-0.3, -0.25) is 0 Å². The normalized spacial score (nSPS) is 10.3. The Balaban J connectivity index is 3.20. The zero-order chi connectivity index (χ0) is 11.3. The van der Waals surface area contributed by atoms with E-state index in [0.717, 1.165) is 5.56 Å². The number of ether oxygens (including phenoxy) is 2. The zero-order valence-corrected chi connectivity index (χ0v) is 8.86. The maximum absolute atomic E-state index is 9.64. The molecule has 1 rings (SSSR count). The van der Waals surface area contributed by atoms with Crippen LogP contribution in [-0.4, -0.2) is 19.3 Å². The summed E-state index contributed by atoms with van der Waals surface area (Å²) in [4.78, 5) is 0. The third-order valence-corrected chi connectivity index (χ3v) is 1.93. The Kier molecular flexibility index (Phi) is 3.80. The first-order valence-corrected chi connectivity index (χ1v) is 4.47. The summed E-state index contributed by atoms with van der Waals surface area (Å²) in [5.41, 5.74) is 0.876. The van der Waals surface area contributed by atoms with Gasteiger partial charge in [-0.05, 0) is 17.7 Å². The third-order valence-electron chi connectivity index (χ3n) is 1.93. The molecule has 0 atom stereocenters. The summed E-state index contributed by atoms with van der Waals surface area (Å²) in [6.07, 6.45) is 5.31. The summed E-state index contributed by atoms with van der Waals surface area (Å²) in [5, 5.41) is 9.64. The number of hydrogen-bond acceptors (Lipinski definition) is 3. The predicted octanol–water partition coefficient (Wildman–Crippen LogP) is 2.61. The molecule has 3 nitrogen and oxygen atoms in total. The largest absolute Gasteiger partial charge is 0.502 e. The highest BCUT2D eigenvalue weighted by atomic mass is 16.5. The fourth-order valence-corrected chi connectivity index (χ4v) is 1.19. The molecule has 0 spiro atoms. The van der Waals surface area contributed by atoms with E-state index in [-0.39, 0.29) is 5.75 Å². The molecule has 1 N–H and O–H groups in total. The van der Waals surface area contributed by atoms with Crippen molar-refractivity contribution < 1.29 is 14.6 Å². The first-order valence-electron chi connectivity index (χ1n) is 4.47. The maximum Gasteiger partial charge on any atom is 0.200 e. The molecule has 0 aliphatic carbocycles. The predicted molar refractivity (Wildman–Crippen MR) is 60.4 cm³/mol. The highest BCUT2D eigenvalue weighted by Gasteiger charge is 2.09. The van der Waals surface area contributed by atoms with Gasteiger partial charge in [0.25, 0.3) is 0 Å². The van der Waals surface area contributed by atoms with Crippen LogP contribution < -0.4 is 9.47 Å². The Morgan fingerprint density at radius 3 is 2.13 bits per heavy atom.